The van der Waals surface area contributed by atoms with Crippen molar-refractivity contribution in [3.63, 3.8) is 0 Å². The fourth-order valence-corrected chi connectivity index (χ4v) is 4.75. The molecule has 4 rings (SSSR count). The van der Waals surface area contributed by atoms with E-state index in [1.807, 2.05) is 0 Å². The normalized spacial score (nSPS) is 50.1. The molecule has 4 fully saturated rings. The van der Waals surface area contributed by atoms with Gasteiger partial charge in [-0.05, 0) is 62.7 Å². The summed E-state index contributed by atoms with van der Waals surface area (Å²) >= 11 is 0. The van der Waals surface area contributed by atoms with Gasteiger partial charge in [-0.3, -0.25) is 4.79 Å². The van der Waals surface area contributed by atoms with Crippen LogP contribution in [0.4, 0.5) is 0 Å². The Morgan fingerprint density at radius 1 is 1.06 bits per heavy atom. The van der Waals surface area contributed by atoms with Gasteiger partial charge < -0.3 is 4.74 Å². The van der Waals surface area contributed by atoms with E-state index in [0.717, 1.165) is 11.8 Å². The molecule has 4 aliphatic rings. The number of hydrogen-bond acceptors (Lipinski definition) is 2. The fraction of sp³-hybridized carbons (Fsp3) is 0.929. The molecule has 0 heterocycles. The minimum absolute atomic E-state index is 0.0880. The first kappa shape index (κ1) is 10.6. The lowest BCUT2D eigenvalue weighted by Crippen LogP contribution is -2.51. The Kier molecular flexibility index (Phi) is 2.31. The smallest absolute Gasteiger partial charge is 0.303 e. The molecule has 2 nitrogen and oxygen atoms in total. The summed E-state index contributed by atoms with van der Waals surface area (Å²) in [6, 6.07) is 0. The van der Waals surface area contributed by atoms with Crippen molar-refractivity contribution in [2.45, 2.75) is 58.0 Å². The summed E-state index contributed by atoms with van der Waals surface area (Å²) in [5.41, 5.74) is -0.141. The molecule has 4 bridgehead atoms. The van der Waals surface area contributed by atoms with Gasteiger partial charge in [-0.25, -0.2) is 0 Å². The zero-order valence-corrected chi connectivity index (χ0v) is 10.4. The number of esters is 1. The molecule has 0 aliphatic heterocycles. The van der Waals surface area contributed by atoms with Crippen molar-refractivity contribution in [2.24, 2.45) is 23.7 Å². The van der Waals surface area contributed by atoms with Crippen molar-refractivity contribution < 1.29 is 9.53 Å². The van der Waals surface area contributed by atoms with Gasteiger partial charge in [-0.15, -0.1) is 0 Å². The van der Waals surface area contributed by atoms with Crippen molar-refractivity contribution >= 4 is 5.97 Å². The van der Waals surface area contributed by atoms with Gasteiger partial charge in [0.1, 0.15) is 5.60 Å². The van der Waals surface area contributed by atoms with Crippen LogP contribution in [-0.4, -0.2) is 11.6 Å². The molecule has 0 saturated heterocycles. The number of carbonyl (C=O) groups is 1. The monoisotopic (exact) mass is 222 g/mol. The molecule has 0 radical (unpaired) electrons. The average molecular weight is 222 g/mol. The first-order valence-corrected chi connectivity index (χ1v) is 6.77. The minimum Gasteiger partial charge on any atom is -0.459 e. The molecule has 90 valence electrons. The molecule has 0 aromatic carbocycles. The number of ether oxygens (including phenoxy) is 1. The molecule has 0 N–H and O–H groups in total. The molecule has 4 saturated carbocycles. The molecular weight excluding hydrogens is 200 g/mol. The van der Waals surface area contributed by atoms with Crippen molar-refractivity contribution in [3.8, 4) is 0 Å². The molecule has 0 aromatic rings. The largest absolute Gasteiger partial charge is 0.459 e. The van der Waals surface area contributed by atoms with E-state index in [0.29, 0.717) is 11.8 Å². The SMILES string of the molecule is CC(=O)OC1(C)C2CCC3CC(C2)CC1C3. The molecule has 4 aliphatic carbocycles. The fourth-order valence-electron chi connectivity index (χ4n) is 4.75. The second-order valence-corrected chi connectivity index (χ2v) is 6.42. The van der Waals surface area contributed by atoms with Crippen LogP contribution in [0.25, 0.3) is 0 Å². The molecular formula is C14H22O2. The summed E-state index contributed by atoms with van der Waals surface area (Å²) in [5, 5.41) is 0. The third-order valence-corrected chi connectivity index (χ3v) is 5.43. The highest BCUT2D eigenvalue weighted by Gasteiger charge is 2.54. The predicted molar refractivity (Wildman–Crippen MR) is 61.8 cm³/mol. The number of rotatable bonds is 1. The van der Waals surface area contributed by atoms with Crippen molar-refractivity contribution in [3.05, 3.63) is 0 Å². The molecule has 0 spiro atoms. The van der Waals surface area contributed by atoms with E-state index in [-0.39, 0.29) is 11.6 Å². The van der Waals surface area contributed by atoms with Crippen LogP contribution in [-0.2, 0) is 9.53 Å². The third kappa shape index (κ3) is 1.49. The zero-order valence-electron chi connectivity index (χ0n) is 10.4. The highest BCUT2D eigenvalue weighted by molar-refractivity contribution is 5.66. The Labute approximate surface area is 97.7 Å². The summed E-state index contributed by atoms with van der Waals surface area (Å²) in [5.74, 6) is 3.04. The van der Waals surface area contributed by atoms with Gasteiger partial charge in [0.05, 0.1) is 0 Å². The first-order chi connectivity index (χ1) is 7.58. The topological polar surface area (TPSA) is 26.3 Å². The van der Waals surface area contributed by atoms with Gasteiger partial charge in [-0.2, -0.15) is 0 Å². The average Bonchev–Trinajstić information content (AvgIpc) is 2.39. The highest BCUT2D eigenvalue weighted by atomic mass is 16.6. The second kappa shape index (κ2) is 3.48. The van der Waals surface area contributed by atoms with Gasteiger partial charge in [0.25, 0.3) is 0 Å². The van der Waals surface area contributed by atoms with E-state index in [9.17, 15) is 4.79 Å². The van der Waals surface area contributed by atoms with Gasteiger partial charge in [0.2, 0.25) is 0 Å². The zero-order chi connectivity index (χ0) is 11.3. The van der Waals surface area contributed by atoms with E-state index < -0.39 is 0 Å². The number of fused-ring (bicyclic) bond motifs is 1. The van der Waals surface area contributed by atoms with Gasteiger partial charge in [0, 0.05) is 6.92 Å². The van der Waals surface area contributed by atoms with Crippen LogP contribution in [0.1, 0.15) is 52.4 Å². The molecule has 0 amide bonds. The maximum atomic E-state index is 11.3. The second-order valence-electron chi connectivity index (χ2n) is 6.42. The van der Waals surface area contributed by atoms with Gasteiger partial charge in [0.15, 0.2) is 0 Å². The predicted octanol–water partition coefficient (Wildman–Crippen LogP) is 3.15. The Bertz CT molecular complexity index is 302. The molecule has 5 atom stereocenters. The summed E-state index contributed by atoms with van der Waals surface area (Å²) in [6.45, 7) is 3.76. The Balaban J connectivity index is 1.91. The van der Waals surface area contributed by atoms with Gasteiger partial charge >= 0.3 is 5.97 Å². The third-order valence-electron chi connectivity index (χ3n) is 5.43. The van der Waals surface area contributed by atoms with Crippen LogP contribution in [0, 0.1) is 23.7 Å². The maximum absolute atomic E-state index is 11.3. The molecule has 5 unspecified atom stereocenters. The lowest BCUT2D eigenvalue weighted by Gasteiger charge is -2.50. The van der Waals surface area contributed by atoms with Crippen LogP contribution < -0.4 is 0 Å². The summed E-state index contributed by atoms with van der Waals surface area (Å²) in [4.78, 5) is 11.3. The lowest BCUT2D eigenvalue weighted by molar-refractivity contribution is -0.180. The van der Waals surface area contributed by atoms with Crippen LogP contribution in [0.2, 0.25) is 0 Å². The van der Waals surface area contributed by atoms with Crippen LogP contribution >= 0.6 is 0 Å². The van der Waals surface area contributed by atoms with Crippen LogP contribution in [0.3, 0.4) is 0 Å². The minimum atomic E-state index is -0.141. The highest BCUT2D eigenvalue weighted by Crippen LogP contribution is 2.56. The van der Waals surface area contributed by atoms with Crippen LogP contribution in [0.5, 0.6) is 0 Å². The van der Waals surface area contributed by atoms with E-state index >= 15 is 0 Å². The molecule has 16 heavy (non-hydrogen) atoms. The van der Waals surface area contributed by atoms with E-state index in [1.54, 1.807) is 6.92 Å². The number of carbonyl (C=O) groups excluding carboxylic acids is 1. The lowest BCUT2D eigenvalue weighted by atomic mass is 9.60. The van der Waals surface area contributed by atoms with Crippen LogP contribution in [0.15, 0.2) is 0 Å². The Hall–Kier alpha value is -0.530. The maximum Gasteiger partial charge on any atom is 0.303 e. The summed E-state index contributed by atoms with van der Waals surface area (Å²) < 4.78 is 5.76. The van der Waals surface area contributed by atoms with Gasteiger partial charge in [-0.1, -0.05) is 6.42 Å². The summed E-state index contributed by atoms with van der Waals surface area (Å²) in [7, 11) is 0. The van der Waals surface area contributed by atoms with E-state index in [1.165, 1.54) is 38.5 Å². The quantitative estimate of drug-likeness (QED) is 0.637. The van der Waals surface area contributed by atoms with E-state index in [2.05, 4.69) is 6.92 Å². The standard InChI is InChI=1S/C14H22O2/c1-9(15)16-14(2)12-4-3-10-5-11(7-12)8-13(14)6-10/h10-13H,3-8H2,1-2H3. The Morgan fingerprint density at radius 2 is 1.75 bits per heavy atom. The molecule has 0 aromatic heterocycles. The first-order valence-electron chi connectivity index (χ1n) is 6.77. The summed E-state index contributed by atoms with van der Waals surface area (Å²) in [6.07, 6.45) is 8.00. The number of hydrogen-bond donors (Lipinski definition) is 0. The van der Waals surface area contributed by atoms with E-state index in [4.69, 9.17) is 4.74 Å². The van der Waals surface area contributed by atoms with Crippen molar-refractivity contribution in [2.75, 3.05) is 0 Å². The molecule has 2 heteroatoms. The Morgan fingerprint density at radius 3 is 2.50 bits per heavy atom. The van der Waals surface area contributed by atoms with Crippen molar-refractivity contribution in [1.82, 2.24) is 0 Å². The van der Waals surface area contributed by atoms with Crippen molar-refractivity contribution in [1.29, 1.82) is 0 Å².